The summed E-state index contributed by atoms with van der Waals surface area (Å²) in [6.07, 6.45) is 0. The van der Waals surface area contributed by atoms with Gasteiger partial charge in [-0.2, -0.15) is 0 Å². The van der Waals surface area contributed by atoms with E-state index in [-0.39, 0.29) is 5.41 Å². The molecular weight excluding hydrogens is 567 g/mol. The normalized spacial score (nSPS) is 13.7. The maximum atomic E-state index is 5.34. The molecule has 1 aliphatic rings. The highest BCUT2D eigenvalue weighted by molar-refractivity contribution is 7.23. The minimum Gasteiger partial charge on any atom is -0.276 e. The van der Waals surface area contributed by atoms with Gasteiger partial charge in [-0.25, -0.2) is 9.97 Å². The molecule has 0 radical (unpaired) electrons. The van der Waals surface area contributed by atoms with Gasteiger partial charge in [0.1, 0.15) is 0 Å². The first kappa shape index (κ1) is 25.1. The van der Waals surface area contributed by atoms with Gasteiger partial charge in [0, 0.05) is 32.0 Å². The highest BCUT2D eigenvalue weighted by atomic mass is 32.1. The standard InChI is InChI=1S/C41H27N3S/c1-41(2)34-26-15-7-6-12-24(26)20-21-30(34)38-35(41)31-23-22-28-27-16-9-11-19-33(27)44(37(28)39(31)45-38)40-42-32-18-10-8-17-29(32)36(43-40)25-13-4-3-5-14-25/h3-23H,1-2H3. The molecule has 0 aliphatic heterocycles. The molecule has 0 bridgehead atoms. The zero-order chi connectivity index (χ0) is 29.9. The van der Waals surface area contributed by atoms with Gasteiger partial charge in [0.2, 0.25) is 5.95 Å². The molecule has 4 heteroatoms. The van der Waals surface area contributed by atoms with Crippen LogP contribution in [-0.2, 0) is 5.41 Å². The van der Waals surface area contributed by atoms with Crippen LogP contribution in [0, 0.1) is 0 Å². The van der Waals surface area contributed by atoms with Crippen LogP contribution in [-0.4, -0.2) is 14.5 Å². The Kier molecular flexibility index (Phi) is 4.94. The van der Waals surface area contributed by atoms with Gasteiger partial charge in [0.05, 0.1) is 26.9 Å². The third-order valence-corrected chi connectivity index (χ3v) is 11.0. The van der Waals surface area contributed by atoms with E-state index in [4.69, 9.17) is 9.97 Å². The molecule has 0 saturated heterocycles. The summed E-state index contributed by atoms with van der Waals surface area (Å²) in [6, 6.07) is 45.6. The molecule has 0 spiro atoms. The van der Waals surface area contributed by atoms with Crippen LogP contribution < -0.4 is 0 Å². The molecule has 212 valence electrons. The molecule has 10 rings (SSSR count). The Bertz CT molecular complexity index is 2680. The minimum absolute atomic E-state index is 0.131. The van der Waals surface area contributed by atoms with Crippen LogP contribution >= 0.6 is 11.3 Å². The van der Waals surface area contributed by atoms with Crippen molar-refractivity contribution in [2.24, 2.45) is 0 Å². The molecule has 9 aromatic rings. The highest BCUT2D eigenvalue weighted by Crippen LogP contribution is 2.58. The van der Waals surface area contributed by atoms with Crippen molar-refractivity contribution < 1.29 is 0 Å². The highest BCUT2D eigenvalue weighted by Gasteiger charge is 2.40. The summed E-state index contributed by atoms with van der Waals surface area (Å²) >= 11 is 1.92. The van der Waals surface area contributed by atoms with Crippen LogP contribution in [0.15, 0.2) is 127 Å². The second kappa shape index (κ2) is 8.87. The Balaban J connectivity index is 1.34. The number of aromatic nitrogens is 3. The lowest BCUT2D eigenvalue weighted by Crippen LogP contribution is -2.15. The fourth-order valence-corrected chi connectivity index (χ4v) is 9.39. The topological polar surface area (TPSA) is 30.7 Å². The van der Waals surface area contributed by atoms with E-state index in [9.17, 15) is 0 Å². The molecule has 3 heterocycles. The fourth-order valence-electron chi connectivity index (χ4n) is 7.86. The molecule has 3 nitrogen and oxygen atoms in total. The van der Waals surface area contributed by atoms with Crippen molar-refractivity contribution in [1.82, 2.24) is 14.5 Å². The lowest BCUT2D eigenvalue weighted by molar-refractivity contribution is 0.673. The summed E-state index contributed by atoms with van der Waals surface area (Å²) in [5.41, 5.74) is 9.37. The van der Waals surface area contributed by atoms with Crippen LogP contribution in [0.5, 0.6) is 0 Å². The molecule has 0 saturated carbocycles. The zero-order valence-corrected chi connectivity index (χ0v) is 25.7. The van der Waals surface area contributed by atoms with Crippen LogP contribution in [0.25, 0.3) is 81.2 Å². The molecule has 45 heavy (non-hydrogen) atoms. The van der Waals surface area contributed by atoms with Crippen LogP contribution in [0.4, 0.5) is 0 Å². The molecule has 1 aliphatic carbocycles. The van der Waals surface area contributed by atoms with Gasteiger partial charge >= 0.3 is 0 Å². The SMILES string of the molecule is CC1(C)c2c(ccc3ccccc23)-c2sc3c(ccc4c5ccccc5n(-c5nc(-c6ccccc6)c6ccccc6n5)c43)c21. The molecule has 0 fully saturated rings. The van der Waals surface area contributed by atoms with Gasteiger partial charge in [-0.1, -0.05) is 129 Å². The summed E-state index contributed by atoms with van der Waals surface area (Å²) in [4.78, 5) is 11.9. The molecule has 6 aromatic carbocycles. The van der Waals surface area contributed by atoms with Crippen molar-refractivity contribution >= 4 is 64.9 Å². The third kappa shape index (κ3) is 3.29. The Morgan fingerprint density at radius 1 is 0.578 bits per heavy atom. The zero-order valence-electron chi connectivity index (χ0n) is 24.9. The fraction of sp³-hybridized carbons (Fsp3) is 0.0732. The monoisotopic (exact) mass is 593 g/mol. The Labute approximate surface area is 264 Å². The predicted molar refractivity (Wildman–Crippen MR) is 190 cm³/mol. The molecule has 0 amide bonds. The second-order valence-corrected chi connectivity index (χ2v) is 13.6. The van der Waals surface area contributed by atoms with E-state index in [0.717, 1.165) is 27.7 Å². The molecule has 0 N–H and O–H groups in total. The van der Waals surface area contributed by atoms with E-state index >= 15 is 0 Å². The number of para-hydroxylation sites is 2. The smallest absolute Gasteiger partial charge is 0.235 e. The van der Waals surface area contributed by atoms with Gasteiger partial charge in [0.15, 0.2) is 0 Å². The average Bonchev–Trinajstić information content (AvgIpc) is 3.71. The first-order valence-electron chi connectivity index (χ1n) is 15.4. The van der Waals surface area contributed by atoms with Gasteiger partial charge in [-0.15, -0.1) is 11.3 Å². The summed E-state index contributed by atoms with van der Waals surface area (Å²) in [7, 11) is 0. The maximum Gasteiger partial charge on any atom is 0.235 e. The van der Waals surface area contributed by atoms with Gasteiger partial charge in [0.25, 0.3) is 0 Å². The largest absolute Gasteiger partial charge is 0.276 e. The number of thiophene rings is 1. The van der Waals surface area contributed by atoms with E-state index in [0.29, 0.717) is 5.95 Å². The van der Waals surface area contributed by atoms with E-state index in [2.05, 4.69) is 146 Å². The van der Waals surface area contributed by atoms with E-state index in [1.807, 2.05) is 11.3 Å². The number of nitrogens with zero attached hydrogens (tertiary/aromatic N) is 3. The number of hydrogen-bond acceptors (Lipinski definition) is 3. The second-order valence-electron chi connectivity index (χ2n) is 12.6. The number of benzene rings is 6. The minimum atomic E-state index is -0.131. The van der Waals surface area contributed by atoms with E-state index < -0.39 is 0 Å². The Morgan fingerprint density at radius 3 is 2.16 bits per heavy atom. The van der Waals surface area contributed by atoms with Crippen molar-refractivity contribution in [2.45, 2.75) is 19.3 Å². The third-order valence-electron chi connectivity index (χ3n) is 9.75. The average molecular weight is 594 g/mol. The molecular formula is C41H27N3S. The first-order chi connectivity index (χ1) is 22.1. The van der Waals surface area contributed by atoms with Gasteiger partial charge in [-0.05, 0) is 45.0 Å². The van der Waals surface area contributed by atoms with E-state index in [1.54, 1.807) is 0 Å². The Morgan fingerprint density at radius 2 is 1.29 bits per heavy atom. The van der Waals surface area contributed by atoms with Crippen LogP contribution in [0.1, 0.15) is 25.0 Å². The van der Waals surface area contributed by atoms with Gasteiger partial charge < -0.3 is 0 Å². The van der Waals surface area contributed by atoms with Crippen molar-refractivity contribution in [2.75, 3.05) is 0 Å². The van der Waals surface area contributed by atoms with Crippen molar-refractivity contribution in [1.29, 1.82) is 0 Å². The molecule has 0 atom stereocenters. The van der Waals surface area contributed by atoms with Crippen molar-refractivity contribution in [3.8, 4) is 27.6 Å². The lowest BCUT2D eigenvalue weighted by atomic mass is 9.79. The summed E-state index contributed by atoms with van der Waals surface area (Å²) in [6.45, 7) is 4.79. The molecule has 0 unspecified atom stereocenters. The summed E-state index contributed by atoms with van der Waals surface area (Å²) in [5, 5.41) is 7.47. The van der Waals surface area contributed by atoms with Crippen molar-refractivity contribution in [3.05, 3.63) is 139 Å². The number of fused-ring (bicyclic) bond motifs is 12. The Hall–Kier alpha value is -5.32. The number of hydrogen-bond donors (Lipinski definition) is 0. The first-order valence-corrected chi connectivity index (χ1v) is 16.3. The summed E-state index contributed by atoms with van der Waals surface area (Å²) in [5.74, 6) is 0.700. The van der Waals surface area contributed by atoms with Crippen LogP contribution in [0.2, 0.25) is 0 Å². The lowest BCUT2D eigenvalue weighted by Gasteiger charge is -2.23. The van der Waals surface area contributed by atoms with E-state index in [1.165, 1.54) is 58.7 Å². The van der Waals surface area contributed by atoms with Crippen LogP contribution in [0.3, 0.4) is 0 Å². The molecule has 3 aromatic heterocycles. The van der Waals surface area contributed by atoms with Gasteiger partial charge in [-0.3, -0.25) is 4.57 Å². The van der Waals surface area contributed by atoms with Crippen molar-refractivity contribution in [3.63, 3.8) is 0 Å². The number of rotatable bonds is 2. The predicted octanol–water partition coefficient (Wildman–Crippen LogP) is 11.1. The quantitative estimate of drug-likeness (QED) is 0.200. The maximum absolute atomic E-state index is 5.34. The summed E-state index contributed by atoms with van der Waals surface area (Å²) < 4.78 is 3.60.